The number of nitrogen functional groups attached to an aromatic ring is 1. The number of pyridine rings is 1. The molecule has 3 aromatic rings. The number of nitrogens with zero attached hydrogens (tertiary/aromatic N) is 5. The summed E-state index contributed by atoms with van der Waals surface area (Å²) >= 11 is 1.72. The maximum atomic E-state index is 5.66. The Balaban J connectivity index is 1.39. The van der Waals surface area contributed by atoms with E-state index in [1.165, 1.54) is 5.56 Å². The van der Waals surface area contributed by atoms with Crippen molar-refractivity contribution < 1.29 is 0 Å². The van der Waals surface area contributed by atoms with E-state index in [2.05, 4.69) is 55.7 Å². The Bertz CT molecular complexity index is 952. The van der Waals surface area contributed by atoms with Crippen LogP contribution >= 0.6 is 11.9 Å². The maximum absolute atomic E-state index is 5.66. The van der Waals surface area contributed by atoms with E-state index in [-0.39, 0.29) is 0 Å². The van der Waals surface area contributed by atoms with Crippen molar-refractivity contribution in [3.8, 4) is 0 Å². The van der Waals surface area contributed by atoms with Gasteiger partial charge in [-0.3, -0.25) is 0 Å². The number of piperazine rings is 1. The molecule has 4 rings (SSSR count). The van der Waals surface area contributed by atoms with Gasteiger partial charge in [0.2, 0.25) is 5.95 Å². The van der Waals surface area contributed by atoms with Gasteiger partial charge in [-0.15, -0.1) is 0 Å². The van der Waals surface area contributed by atoms with E-state index in [1.807, 2.05) is 31.3 Å². The molecule has 3 heterocycles. The van der Waals surface area contributed by atoms with E-state index in [4.69, 9.17) is 10.7 Å². The summed E-state index contributed by atoms with van der Waals surface area (Å²) in [6.45, 7) is 7.69. The molecule has 8 heteroatoms. The predicted molar refractivity (Wildman–Crippen MR) is 120 cm³/mol. The standard InChI is InChI=1S/C21H25N7S/c1-15-3-5-17(6-4-15)25-20-13-16(2)24-21(26-20)27-9-11-28(12-10-27)29-18-7-8-19(22)23-14-18/h3-8,13-14H,9-12H2,1-2H3,(H2,22,23)(H,24,25,26). The largest absolute Gasteiger partial charge is 0.384 e. The first-order valence-electron chi connectivity index (χ1n) is 9.64. The van der Waals surface area contributed by atoms with Crippen molar-refractivity contribution >= 4 is 35.2 Å². The fourth-order valence-electron chi connectivity index (χ4n) is 3.12. The fourth-order valence-corrected chi connectivity index (χ4v) is 3.99. The molecular formula is C21H25N7S. The lowest BCUT2D eigenvalue weighted by atomic mass is 10.2. The minimum Gasteiger partial charge on any atom is -0.384 e. The van der Waals surface area contributed by atoms with Gasteiger partial charge in [0.1, 0.15) is 11.6 Å². The smallest absolute Gasteiger partial charge is 0.227 e. The van der Waals surface area contributed by atoms with Crippen LogP contribution in [0.5, 0.6) is 0 Å². The lowest BCUT2D eigenvalue weighted by Crippen LogP contribution is -2.44. The predicted octanol–water partition coefficient (Wildman–Crippen LogP) is 3.64. The highest BCUT2D eigenvalue weighted by molar-refractivity contribution is 7.97. The summed E-state index contributed by atoms with van der Waals surface area (Å²) in [4.78, 5) is 16.9. The molecule has 29 heavy (non-hydrogen) atoms. The third-order valence-corrected chi connectivity index (χ3v) is 5.76. The van der Waals surface area contributed by atoms with E-state index < -0.39 is 0 Å². The highest BCUT2D eigenvalue weighted by atomic mass is 32.2. The number of rotatable bonds is 5. The second-order valence-corrected chi connectivity index (χ2v) is 8.28. The highest BCUT2D eigenvalue weighted by Crippen LogP contribution is 2.25. The summed E-state index contributed by atoms with van der Waals surface area (Å²) in [7, 11) is 0. The quantitative estimate of drug-likeness (QED) is 0.620. The molecule has 2 aromatic heterocycles. The molecule has 0 aliphatic carbocycles. The molecule has 150 valence electrons. The first kappa shape index (κ1) is 19.5. The fraction of sp³-hybridized carbons (Fsp3) is 0.286. The number of hydrogen-bond donors (Lipinski definition) is 2. The number of hydrogen-bond acceptors (Lipinski definition) is 8. The SMILES string of the molecule is Cc1ccc(Nc2cc(C)nc(N3CCN(Sc4ccc(N)nc4)CC3)n2)cc1. The molecule has 0 bridgehead atoms. The Morgan fingerprint density at radius 3 is 2.41 bits per heavy atom. The van der Waals surface area contributed by atoms with Crippen LogP contribution in [-0.2, 0) is 0 Å². The normalized spacial score (nSPS) is 14.8. The van der Waals surface area contributed by atoms with Gasteiger partial charge in [0.05, 0.1) is 0 Å². The van der Waals surface area contributed by atoms with E-state index >= 15 is 0 Å². The van der Waals surface area contributed by atoms with Crippen LogP contribution in [0.3, 0.4) is 0 Å². The number of aryl methyl sites for hydroxylation is 2. The molecule has 0 unspecified atom stereocenters. The Hall–Kier alpha value is -2.84. The minimum atomic E-state index is 0.547. The Kier molecular flexibility index (Phi) is 5.82. The van der Waals surface area contributed by atoms with Crippen molar-refractivity contribution in [3.05, 3.63) is 59.9 Å². The van der Waals surface area contributed by atoms with Crippen LogP contribution in [0.2, 0.25) is 0 Å². The third-order valence-electron chi connectivity index (χ3n) is 4.68. The van der Waals surface area contributed by atoms with Crippen LogP contribution in [0.4, 0.5) is 23.3 Å². The molecule has 1 aliphatic rings. The van der Waals surface area contributed by atoms with Gasteiger partial charge in [0.25, 0.3) is 0 Å². The molecule has 1 aromatic carbocycles. The van der Waals surface area contributed by atoms with Crippen LogP contribution in [0, 0.1) is 13.8 Å². The van der Waals surface area contributed by atoms with Crippen LogP contribution in [0.15, 0.2) is 53.6 Å². The molecule has 0 saturated carbocycles. The molecule has 0 spiro atoms. The van der Waals surface area contributed by atoms with E-state index in [9.17, 15) is 0 Å². The van der Waals surface area contributed by atoms with Gasteiger partial charge in [-0.1, -0.05) is 17.7 Å². The van der Waals surface area contributed by atoms with E-state index in [0.29, 0.717) is 5.82 Å². The van der Waals surface area contributed by atoms with Crippen LogP contribution in [0.1, 0.15) is 11.3 Å². The molecule has 1 fully saturated rings. The summed E-state index contributed by atoms with van der Waals surface area (Å²) in [5.74, 6) is 2.14. The summed E-state index contributed by atoms with van der Waals surface area (Å²) in [5.41, 5.74) is 8.88. The first-order chi connectivity index (χ1) is 14.0. The van der Waals surface area contributed by atoms with Gasteiger partial charge in [0.15, 0.2) is 0 Å². The summed E-state index contributed by atoms with van der Waals surface area (Å²) in [6.07, 6.45) is 1.82. The van der Waals surface area contributed by atoms with Gasteiger partial charge < -0.3 is 16.0 Å². The molecule has 3 N–H and O–H groups in total. The Morgan fingerprint density at radius 1 is 0.966 bits per heavy atom. The molecule has 0 radical (unpaired) electrons. The van der Waals surface area contributed by atoms with Gasteiger partial charge >= 0.3 is 0 Å². The second kappa shape index (κ2) is 8.67. The maximum Gasteiger partial charge on any atom is 0.227 e. The van der Waals surface area contributed by atoms with Crippen molar-refractivity contribution in [2.45, 2.75) is 18.7 Å². The Labute approximate surface area is 175 Å². The minimum absolute atomic E-state index is 0.547. The molecule has 1 saturated heterocycles. The van der Waals surface area contributed by atoms with Crippen molar-refractivity contribution in [3.63, 3.8) is 0 Å². The summed E-state index contributed by atoms with van der Waals surface area (Å²) in [5, 5.41) is 3.39. The molecule has 0 amide bonds. The van der Waals surface area contributed by atoms with E-state index in [1.54, 1.807) is 11.9 Å². The zero-order chi connectivity index (χ0) is 20.2. The second-order valence-electron chi connectivity index (χ2n) is 7.11. The van der Waals surface area contributed by atoms with Gasteiger partial charge in [-0.05, 0) is 50.1 Å². The van der Waals surface area contributed by atoms with Crippen molar-refractivity contribution in [1.82, 2.24) is 19.3 Å². The number of anilines is 4. The summed E-state index contributed by atoms with van der Waals surface area (Å²) < 4.78 is 2.34. The van der Waals surface area contributed by atoms with Gasteiger partial charge in [-0.25, -0.2) is 14.3 Å². The van der Waals surface area contributed by atoms with Crippen molar-refractivity contribution in [2.75, 3.05) is 42.1 Å². The van der Waals surface area contributed by atoms with E-state index in [0.717, 1.165) is 54.2 Å². The van der Waals surface area contributed by atoms with Crippen LogP contribution in [-0.4, -0.2) is 45.4 Å². The number of nitrogens with two attached hydrogens (primary N) is 1. The monoisotopic (exact) mass is 407 g/mol. The van der Waals surface area contributed by atoms with Crippen LogP contribution < -0.4 is 16.0 Å². The topological polar surface area (TPSA) is 83.2 Å². The number of benzene rings is 1. The third kappa shape index (κ3) is 5.16. The number of aromatic nitrogens is 3. The molecule has 7 nitrogen and oxygen atoms in total. The average molecular weight is 408 g/mol. The lowest BCUT2D eigenvalue weighted by Gasteiger charge is -2.34. The van der Waals surface area contributed by atoms with Gasteiger partial charge in [-0.2, -0.15) is 4.98 Å². The molecule has 1 aliphatic heterocycles. The number of nitrogens with one attached hydrogen (secondary N) is 1. The summed E-state index contributed by atoms with van der Waals surface area (Å²) in [6, 6.07) is 14.1. The zero-order valence-corrected chi connectivity index (χ0v) is 17.5. The first-order valence-corrected chi connectivity index (χ1v) is 10.4. The van der Waals surface area contributed by atoms with Crippen molar-refractivity contribution in [2.24, 2.45) is 0 Å². The average Bonchev–Trinajstić information content (AvgIpc) is 2.72. The highest BCUT2D eigenvalue weighted by Gasteiger charge is 2.20. The lowest BCUT2D eigenvalue weighted by molar-refractivity contribution is 0.426. The van der Waals surface area contributed by atoms with Crippen molar-refractivity contribution in [1.29, 1.82) is 0 Å². The van der Waals surface area contributed by atoms with Gasteiger partial charge in [0, 0.05) is 54.7 Å². The van der Waals surface area contributed by atoms with Crippen LogP contribution in [0.25, 0.3) is 0 Å². The Morgan fingerprint density at radius 2 is 1.72 bits per heavy atom. The molecular weight excluding hydrogens is 382 g/mol. The molecule has 0 atom stereocenters. The zero-order valence-electron chi connectivity index (χ0n) is 16.7.